The lowest BCUT2D eigenvalue weighted by Gasteiger charge is -2.33. The van der Waals surface area contributed by atoms with E-state index in [-0.39, 0.29) is 11.2 Å². The van der Waals surface area contributed by atoms with Crippen molar-refractivity contribution in [2.24, 2.45) is 0 Å². The molecule has 2 fully saturated rings. The molecule has 2 rings (SSSR count). The van der Waals surface area contributed by atoms with E-state index < -0.39 is 0 Å². The molecule has 2 heterocycles. The van der Waals surface area contributed by atoms with Gasteiger partial charge in [0.1, 0.15) is 0 Å². The quantitative estimate of drug-likeness (QED) is 0.476. The van der Waals surface area contributed by atoms with Crippen molar-refractivity contribution >= 4 is 0 Å². The first-order valence-corrected chi connectivity index (χ1v) is 3.90. The van der Waals surface area contributed by atoms with E-state index in [1.165, 1.54) is 0 Å². The molecular weight excluding hydrogens is 128 g/mol. The van der Waals surface area contributed by atoms with Gasteiger partial charge in [0.25, 0.3) is 0 Å². The third-order valence-electron chi connectivity index (χ3n) is 2.35. The fourth-order valence-corrected chi connectivity index (χ4v) is 1.78. The summed E-state index contributed by atoms with van der Waals surface area (Å²) in [5.74, 6) is 0. The minimum Gasteiger partial charge on any atom is -0.375 e. The summed E-state index contributed by atoms with van der Waals surface area (Å²) in [4.78, 5) is 0. The maximum atomic E-state index is 5.56. The number of rotatable bonds is 0. The SMILES string of the molecule is CC1(C)CC2(CCO1)CO2. The Bertz CT molecular complexity index is 143. The average molecular weight is 142 g/mol. The van der Waals surface area contributed by atoms with Gasteiger partial charge in [0.15, 0.2) is 0 Å². The van der Waals surface area contributed by atoms with Gasteiger partial charge in [-0.3, -0.25) is 0 Å². The topological polar surface area (TPSA) is 21.8 Å². The molecule has 0 bridgehead atoms. The molecule has 2 heteroatoms. The lowest BCUT2D eigenvalue weighted by Crippen LogP contribution is -2.38. The molecule has 1 spiro atoms. The molecule has 0 aromatic rings. The van der Waals surface area contributed by atoms with Gasteiger partial charge < -0.3 is 9.47 Å². The summed E-state index contributed by atoms with van der Waals surface area (Å²) in [6, 6.07) is 0. The van der Waals surface area contributed by atoms with Crippen molar-refractivity contribution < 1.29 is 9.47 Å². The van der Waals surface area contributed by atoms with Crippen molar-refractivity contribution in [1.29, 1.82) is 0 Å². The number of epoxide rings is 1. The van der Waals surface area contributed by atoms with Crippen LogP contribution in [0, 0.1) is 0 Å². The summed E-state index contributed by atoms with van der Waals surface area (Å²) in [6.45, 7) is 6.10. The summed E-state index contributed by atoms with van der Waals surface area (Å²) < 4.78 is 11.0. The highest BCUT2D eigenvalue weighted by Gasteiger charge is 2.50. The number of ether oxygens (including phenoxy) is 2. The van der Waals surface area contributed by atoms with Crippen molar-refractivity contribution in [3.05, 3.63) is 0 Å². The molecule has 0 aromatic heterocycles. The first kappa shape index (κ1) is 6.62. The van der Waals surface area contributed by atoms with Crippen LogP contribution in [0.1, 0.15) is 26.7 Å². The van der Waals surface area contributed by atoms with E-state index in [1.807, 2.05) is 0 Å². The molecule has 0 N–H and O–H groups in total. The average Bonchev–Trinajstić information content (AvgIpc) is 2.45. The molecule has 0 aromatic carbocycles. The number of hydrogen-bond acceptors (Lipinski definition) is 2. The lowest BCUT2D eigenvalue weighted by atomic mass is 9.89. The summed E-state index contributed by atoms with van der Waals surface area (Å²) in [7, 11) is 0. The third kappa shape index (κ3) is 1.06. The molecule has 58 valence electrons. The summed E-state index contributed by atoms with van der Waals surface area (Å²) in [6.07, 6.45) is 2.16. The van der Waals surface area contributed by atoms with Crippen LogP contribution >= 0.6 is 0 Å². The largest absolute Gasteiger partial charge is 0.375 e. The molecular formula is C8H14O2. The Morgan fingerprint density at radius 2 is 1.90 bits per heavy atom. The van der Waals surface area contributed by atoms with E-state index in [9.17, 15) is 0 Å². The Hall–Kier alpha value is -0.0800. The smallest absolute Gasteiger partial charge is 0.0965 e. The lowest BCUT2D eigenvalue weighted by molar-refractivity contribution is -0.0794. The minimum atomic E-state index is 0.0503. The van der Waals surface area contributed by atoms with Gasteiger partial charge in [0.2, 0.25) is 0 Å². The van der Waals surface area contributed by atoms with Crippen LogP contribution in [0.2, 0.25) is 0 Å². The van der Waals surface area contributed by atoms with Gasteiger partial charge in [-0.2, -0.15) is 0 Å². The van der Waals surface area contributed by atoms with Gasteiger partial charge in [-0.05, 0) is 13.8 Å². The highest BCUT2D eigenvalue weighted by Crippen LogP contribution is 2.43. The Labute approximate surface area is 61.5 Å². The maximum absolute atomic E-state index is 5.56. The van der Waals surface area contributed by atoms with Crippen molar-refractivity contribution in [1.82, 2.24) is 0 Å². The second kappa shape index (κ2) is 1.74. The molecule has 0 aliphatic carbocycles. The zero-order valence-electron chi connectivity index (χ0n) is 6.64. The van der Waals surface area contributed by atoms with E-state index >= 15 is 0 Å². The van der Waals surface area contributed by atoms with Gasteiger partial charge in [-0.25, -0.2) is 0 Å². The molecule has 10 heavy (non-hydrogen) atoms. The molecule has 1 atom stereocenters. The Morgan fingerprint density at radius 1 is 1.20 bits per heavy atom. The second-order valence-corrected chi connectivity index (χ2v) is 4.01. The van der Waals surface area contributed by atoms with Crippen LogP contribution in [0.4, 0.5) is 0 Å². The Morgan fingerprint density at radius 3 is 2.30 bits per heavy atom. The Kier molecular flexibility index (Phi) is 1.15. The first-order valence-electron chi connectivity index (χ1n) is 3.90. The normalized spacial score (nSPS) is 43.8. The van der Waals surface area contributed by atoms with E-state index in [2.05, 4.69) is 13.8 Å². The molecule has 1 unspecified atom stereocenters. The third-order valence-corrected chi connectivity index (χ3v) is 2.35. The summed E-state index contributed by atoms with van der Waals surface area (Å²) >= 11 is 0. The first-order chi connectivity index (χ1) is 4.62. The van der Waals surface area contributed by atoms with Crippen LogP contribution in [-0.4, -0.2) is 24.4 Å². The zero-order chi connectivity index (χ0) is 7.24. The van der Waals surface area contributed by atoms with Crippen molar-refractivity contribution in [2.75, 3.05) is 13.2 Å². The summed E-state index contributed by atoms with van der Waals surface area (Å²) in [5, 5.41) is 0. The van der Waals surface area contributed by atoms with Crippen LogP contribution in [-0.2, 0) is 9.47 Å². The molecule has 2 aliphatic rings. The highest BCUT2D eigenvalue weighted by molar-refractivity contribution is 4.99. The van der Waals surface area contributed by atoms with Crippen molar-refractivity contribution in [3.63, 3.8) is 0 Å². The predicted molar refractivity (Wildman–Crippen MR) is 37.9 cm³/mol. The fourth-order valence-electron chi connectivity index (χ4n) is 1.78. The fraction of sp³-hybridized carbons (Fsp3) is 1.00. The van der Waals surface area contributed by atoms with Crippen molar-refractivity contribution in [2.45, 2.75) is 37.9 Å². The van der Waals surface area contributed by atoms with E-state index in [0.717, 1.165) is 26.1 Å². The zero-order valence-corrected chi connectivity index (χ0v) is 6.64. The van der Waals surface area contributed by atoms with Gasteiger partial charge in [-0.15, -0.1) is 0 Å². The van der Waals surface area contributed by atoms with E-state index in [1.54, 1.807) is 0 Å². The van der Waals surface area contributed by atoms with Crippen LogP contribution in [0.5, 0.6) is 0 Å². The van der Waals surface area contributed by atoms with Crippen LogP contribution < -0.4 is 0 Å². The van der Waals surface area contributed by atoms with Crippen molar-refractivity contribution in [3.8, 4) is 0 Å². The molecule has 2 aliphatic heterocycles. The second-order valence-electron chi connectivity index (χ2n) is 4.01. The molecule has 2 saturated heterocycles. The van der Waals surface area contributed by atoms with Crippen LogP contribution in [0.25, 0.3) is 0 Å². The molecule has 0 radical (unpaired) electrons. The minimum absolute atomic E-state index is 0.0503. The van der Waals surface area contributed by atoms with Gasteiger partial charge >= 0.3 is 0 Å². The summed E-state index contributed by atoms with van der Waals surface area (Å²) in [5.41, 5.74) is 0.288. The molecule has 0 saturated carbocycles. The molecule has 2 nitrogen and oxygen atoms in total. The van der Waals surface area contributed by atoms with Gasteiger partial charge in [0.05, 0.1) is 24.4 Å². The standard InChI is InChI=1S/C8H14O2/c1-7(2)5-8(6-10-8)3-4-9-7/h3-6H2,1-2H3. The Balaban J connectivity index is 2.04. The molecule has 0 amide bonds. The highest BCUT2D eigenvalue weighted by atomic mass is 16.6. The maximum Gasteiger partial charge on any atom is 0.0965 e. The van der Waals surface area contributed by atoms with Crippen LogP contribution in [0.3, 0.4) is 0 Å². The van der Waals surface area contributed by atoms with Gasteiger partial charge in [-0.1, -0.05) is 0 Å². The van der Waals surface area contributed by atoms with Gasteiger partial charge in [0, 0.05) is 12.8 Å². The number of hydrogen-bond donors (Lipinski definition) is 0. The van der Waals surface area contributed by atoms with E-state index in [4.69, 9.17) is 9.47 Å². The predicted octanol–water partition coefficient (Wildman–Crippen LogP) is 1.34. The van der Waals surface area contributed by atoms with E-state index in [0.29, 0.717) is 0 Å². The monoisotopic (exact) mass is 142 g/mol. The van der Waals surface area contributed by atoms with Crippen LogP contribution in [0.15, 0.2) is 0 Å².